The first-order valence-corrected chi connectivity index (χ1v) is 2.69. The Labute approximate surface area is 60.7 Å². The molecule has 1 aromatic carbocycles. The third-order valence-corrected chi connectivity index (χ3v) is 1.20. The maximum atomic E-state index is 12.3. The SMILES string of the molecule is Nc1cc(F)c(F)c(O)c1O. The van der Waals surface area contributed by atoms with E-state index in [1.165, 1.54) is 0 Å². The first-order valence-electron chi connectivity index (χ1n) is 2.69. The van der Waals surface area contributed by atoms with E-state index in [-0.39, 0.29) is 0 Å². The third kappa shape index (κ3) is 1.04. The van der Waals surface area contributed by atoms with Gasteiger partial charge >= 0.3 is 0 Å². The topological polar surface area (TPSA) is 66.5 Å². The number of phenolic OH excluding ortho intramolecular Hbond substituents is 2. The van der Waals surface area contributed by atoms with Gasteiger partial charge in [0.2, 0.25) is 5.82 Å². The van der Waals surface area contributed by atoms with Gasteiger partial charge in [-0.25, -0.2) is 4.39 Å². The summed E-state index contributed by atoms with van der Waals surface area (Å²) in [7, 11) is 0. The molecule has 4 N–H and O–H groups in total. The van der Waals surface area contributed by atoms with Crippen LogP contribution in [0.15, 0.2) is 6.07 Å². The first-order chi connectivity index (χ1) is 5.04. The number of nitrogen functional groups attached to an aromatic ring is 1. The van der Waals surface area contributed by atoms with Gasteiger partial charge in [0.1, 0.15) is 0 Å². The number of hydrogen-bond acceptors (Lipinski definition) is 3. The Kier molecular flexibility index (Phi) is 1.56. The molecular formula is C6H5F2NO2. The highest BCUT2D eigenvalue weighted by Gasteiger charge is 2.14. The van der Waals surface area contributed by atoms with Gasteiger partial charge in [-0.3, -0.25) is 0 Å². The summed E-state index contributed by atoms with van der Waals surface area (Å²) in [6.07, 6.45) is 0. The van der Waals surface area contributed by atoms with Gasteiger partial charge in [0.05, 0.1) is 5.69 Å². The molecule has 0 amide bonds. The quantitative estimate of drug-likeness (QED) is 0.392. The molecule has 1 rings (SSSR count). The second-order valence-electron chi connectivity index (χ2n) is 1.96. The molecule has 0 aromatic heterocycles. The molecule has 3 nitrogen and oxygen atoms in total. The molecule has 0 radical (unpaired) electrons. The van der Waals surface area contributed by atoms with Crippen molar-refractivity contribution in [2.75, 3.05) is 5.73 Å². The van der Waals surface area contributed by atoms with Crippen LogP contribution in [0.4, 0.5) is 14.5 Å². The van der Waals surface area contributed by atoms with Gasteiger partial charge in [0.25, 0.3) is 0 Å². The molecule has 0 spiro atoms. The van der Waals surface area contributed by atoms with Crippen LogP contribution in [0, 0.1) is 11.6 Å². The van der Waals surface area contributed by atoms with Gasteiger partial charge in [-0.15, -0.1) is 0 Å². The van der Waals surface area contributed by atoms with Gasteiger partial charge in [0.15, 0.2) is 17.3 Å². The molecule has 0 atom stereocenters. The van der Waals surface area contributed by atoms with E-state index >= 15 is 0 Å². The standard InChI is InChI=1S/C6H5F2NO2/c7-2-1-3(9)5(10)6(11)4(2)8/h1,10-11H,9H2. The fourth-order valence-electron chi connectivity index (χ4n) is 0.622. The zero-order chi connectivity index (χ0) is 8.59. The molecule has 0 bridgehead atoms. The number of rotatable bonds is 0. The van der Waals surface area contributed by atoms with Gasteiger partial charge in [-0.2, -0.15) is 4.39 Å². The van der Waals surface area contributed by atoms with Gasteiger partial charge in [0, 0.05) is 6.07 Å². The third-order valence-electron chi connectivity index (χ3n) is 1.20. The summed E-state index contributed by atoms with van der Waals surface area (Å²) in [5, 5.41) is 17.4. The molecule has 0 aliphatic heterocycles. The van der Waals surface area contributed by atoms with Crippen LogP contribution in [0.1, 0.15) is 0 Å². The average molecular weight is 161 g/mol. The second-order valence-corrected chi connectivity index (χ2v) is 1.96. The van der Waals surface area contributed by atoms with E-state index in [0.717, 1.165) is 0 Å². The van der Waals surface area contributed by atoms with Gasteiger partial charge in [-0.05, 0) is 0 Å². The van der Waals surface area contributed by atoms with Gasteiger partial charge in [-0.1, -0.05) is 0 Å². The van der Waals surface area contributed by atoms with Crippen molar-refractivity contribution < 1.29 is 19.0 Å². The van der Waals surface area contributed by atoms with Crippen molar-refractivity contribution in [3.8, 4) is 11.5 Å². The number of anilines is 1. The van der Waals surface area contributed by atoms with E-state index in [2.05, 4.69) is 0 Å². The lowest BCUT2D eigenvalue weighted by Crippen LogP contribution is -1.91. The Morgan fingerprint density at radius 2 is 1.73 bits per heavy atom. The van der Waals surface area contributed by atoms with E-state index < -0.39 is 28.8 Å². The predicted molar refractivity (Wildman–Crippen MR) is 34.1 cm³/mol. The molecule has 0 unspecified atom stereocenters. The molecule has 0 saturated heterocycles. The molecule has 0 aliphatic rings. The van der Waals surface area contributed by atoms with Crippen LogP contribution in [0.2, 0.25) is 0 Å². The molecule has 60 valence electrons. The number of benzene rings is 1. The van der Waals surface area contributed by atoms with Crippen LogP contribution in [-0.2, 0) is 0 Å². The van der Waals surface area contributed by atoms with E-state index in [1.807, 2.05) is 0 Å². The summed E-state index contributed by atoms with van der Waals surface area (Å²) in [6.45, 7) is 0. The summed E-state index contributed by atoms with van der Waals surface area (Å²) < 4.78 is 24.6. The van der Waals surface area contributed by atoms with Gasteiger partial charge < -0.3 is 15.9 Å². The molecule has 1 aromatic rings. The number of hydrogen-bond donors (Lipinski definition) is 3. The number of phenols is 2. The zero-order valence-corrected chi connectivity index (χ0v) is 5.31. The summed E-state index contributed by atoms with van der Waals surface area (Å²) in [4.78, 5) is 0. The molecular weight excluding hydrogens is 156 g/mol. The minimum Gasteiger partial charge on any atom is -0.503 e. The minimum atomic E-state index is -1.50. The van der Waals surface area contributed by atoms with Crippen LogP contribution in [0.25, 0.3) is 0 Å². The Hall–Kier alpha value is -1.52. The van der Waals surface area contributed by atoms with Crippen LogP contribution >= 0.6 is 0 Å². The average Bonchev–Trinajstić information content (AvgIpc) is 1.97. The lowest BCUT2D eigenvalue weighted by molar-refractivity contribution is 0.366. The molecule has 0 aliphatic carbocycles. The van der Waals surface area contributed by atoms with E-state index in [1.54, 1.807) is 0 Å². The van der Waals surface area contributed by atoms with Crippen molar-refractivity contribution in [1.82, 2.24) is 0 Å². The van der Waals surface area contributed by atoms with Crippen molar-refractivity contribution in [1.29, 1.82) is 0 Å². The number of halogens is 2. The Morgan fingerprint density at radius 1 is 1.18 bits per heavy atom. The highest BCUT2D eigenvalue weighted by molar-refractivity contribution is 5.59. The monoisotopic (exact) mass is 161 g/mol. The van der Waals surface area contributed by atoms with E-state index in [0.29, 0.717) is 6.07 Å². The summed E-state index contributed by atoms with van der Waals surface area (Å²) >= 11 is 0. The maximum absolute atomic E-state index is 12.3. The number of nitrogens with two attached hydrogens (primary N) is 1. The Morgan fingerprint density at radius 3 is 2.27 bits per heavy atom. The van der Waals surface area contributed by atoms with Crippen LogP contribution in [-0.4, -0.2) is 10.2 Å². The van der Waals surface area contributed by atoms with Crippen molar-refractivity contribution in [3.63, 3.8) is 0 Å². The first kappa shape index (κ1) is 7.59. The minimum absolute atomic E-state index is 0.401. The van der Waals surface area contributed by atoms with E-state index in [4.69, 9.17) is 15.9 Å². The molecule has 0 saturated carbocycles. The normalized spacial score (nSPS) is 10.0. The maximum Gasteiger partial charge on any atom is 0.204 e. The van der Waals surface area contributed by atoms with Crippen LogP contribution in [0.3, 0.4) is 0 Å². The predicted octanol–water partition coefficient (Wildman–Crippen LogP) is 0.958. The van der Waals surface area contributed by atoms with Crippen molar-refractivity contribution in [2.45, 2.75) is 0 Å². The summed E-state index contributed by atoms with van der Waals surface area (Å²) in [5.41, 5.74) is 4.57. The second kappa shape index (κ2) is 2.26. The largest absolute Gasteiger partial charge is 0.503 e. The fraction of sp³-hybridized carbons (Fsp3) is 0. The Balaban J connectivity index is 3.46. The molecule has 0 fully saturated rings. The number of aromatic hydroxyl groups is 2. The summed E-state index contributed by atoms with van der Waals surface area (Å²) in [6, 6.07) is 0.588. The summed E-state index contributed by atoms with van der Waals surface area (Å²) in [5.74, 6) is -4.80. The smallest absolute Gasteiger partial charge is 0.204 e. The highest BCUT2D eigenvalue weighted by Crippen LogP contribution is 2.34. The van der Waals surface area contributed by atoms with Crippen LogP contribution in [0.5, 0.6) is 11.5 Å². The molecule has 11 heavy (non-hydrogen) atoms. The zero-order valence-electron chi connectivity index (χ0n) is 5.31. The molecule has 5 heteroatoms. The lowest BCUT2D eigenvalue weighted by atomic mass is 10.2. The van der Waals surface area contributed by atoms with E-state index in [9.17, 15) is 8.78 Å². The Bertz CT molecular complexity index is 275. The van der Waals surface area contributed by atoms with Crippen molar-refractivity contribution in [2.24, 2.45) is 0 Å². The van der Waals surface area contributed by atoms with Crippen molar-refractivity contribution >= 4 is 5.69 Å². The highest BCUT2D eigenvalue weighted by atomic mass is 19.2. The van der Waals surface area contributed by atoms with Crippen LogP contribution < -0.4 is 5.73 Å². The lowest BCUT2D eigenvalue weighted by Gasteiger charge is -2.02. The molecule has 0 heterocycles. The fourth-order valence-corrected chi connectivity index (χ4v) is 0.622. The van der Waals surface area contributed by atoms with Crippen molar-refractivity contribution in [3.05, 3.63) is 17.7 Å².